The third kappa shape index (κ3) is 4.97. The summed E-state index contributed by atoms with van der Waals surface area (Å²) in [6, 6.07) is 18.9. The SMILES string of the molecule is O=C(Cc1ccc(Cl)cc1)NCC(c1cccs1)S(=O)(=O)c1ccccc1. The summed E-state index contributed by atoms with van der Waals surface area (Å²) in [5, 5.41) is 4.38. The van der Waals surface area contributed by atoms with E-state index in [2.05, 4.69) is 5.32 Å². The van der Waals surface area contributed by atoms with E-state index >= 15 is 0 Å². The Hall–Kier alpha value is -2.15. The van der Waals surface area contributed by atoms with Crippen molar-refractivity contribution < 1.29 is 13.2 Å². The molecule has 3 rings (SSSR count). The van der Waals surface area contributed by atoms with Gasteiger partial charge in [0.2, 0.25) is 5.91 Å². The molecular formula is C20H18ClNO3S2. The standard InChI is InChI=1S/C20H18ClNO3S2/c21-16-10-8-15(9-11-16)13-20(23)22-14-19(18-7-4-12-26-18)27(24,25)17-5-2-1-3-6-17/h1-12,19H,13-14H2,(H,22,23). The molecule has 2 aromatic carbocycles. The largest absolute Gasteiger partial charge is 0.354 e. The van der Waals surface area contributed by atoms with Crippen molar-refractivity contribution in [1.82, 2.24) is 5.32 Å². The summed E-state index contributed by atoms with van der Waals surface area (Å²) >= 11 is 7.21. The lowest BCUT2D eigenvalue weighted by molar-refractivity contribution is -0.120. The van der Waals surface area contributed by atoms with Gasteiger partial charge in [0.15, 0.2) is 9.84 Å². The molecule has 4 nitrogen and oxygen atoms in total. The first kappa shape index (κ1) is 19.6. The average molecular weight is 420 g/mol. The van der Waals surface area contributed by atoms with Gasteiger partial charge in [0.25, 0.3) is 0 Å². The maximum Gasteiger partial charge on any atom is 0.224 e. The lowest BCUT2D eigenvalue weighted by Crippen LogP contribution is -2.32. The van der Waals surface area contributed by atoms with Gasteiger partial charge in [0.1, 0.15) is 5.25 Å². The Kier molecular flexibility index (Phi) is 6.31. The number of halogens is 1. The second-order valence-corrected chi connectivity index (χ2v) is 9.52. The van der Waals surface area contributed by atoms with Crippen LogP contribution in [0.4, 0.5) is 0 Å². The van der Waals surface area contributed by atoms with Crippen LogP contribution in [-0.4, -0.2) is 20.9 Å². The number of hydrogen-bond acceptors (Lipinski definition) is 4. The van der Waals surface area contributed by atoms with Gasteiger partial charge in [-0.05, 0) is 41.3 Å². The smallest absolute Gasteiger partial charge is 0.224 e. The maximum atomic E-state index is 13.1. The van der Waals surface area contributed by atoms with Gasteiger partial charge in [-0.2, -0.15) is 0 Å². The molecule has 1 heterocycles. The summed E-state index contributed by atoms with van der Waals surface area (Å²) < 4.78 is 26.2. The fraction of sp³-hybridized carbons (Fsp3) is 0.150. The number of benzene rings is 2. The number of carbonyl (C=O) groups is 1. The Balaban J connectivity index is 1.75. The highest BCUT2D eigenvalue weighted by Gasteiger charge is 2.30. The summed E-state index contributed by atoms with van der Waals surface area (Å²) in [6.07, 6.45) is 0.166. The van der Waals surface area contributed by atoms with Crippen molar-refractivity contribution in [3.8, 4) is 0 Å². The van der Waals surface area contributed by atoms with Crippen LogP contribution in [0.3, 0.4) is 0 Å². The first-order valence-corrected chi connectivity index (χ1v) is 11.1. The molecule has 1 aromatic heterocycles. The van der Waals surface area contributed by atoms with Crippen molar-refractivity contribution in [2.24, 2.45) is 0 Å². The highest BCUT2D eigenvalue weighted by Crippen LogP contribution is 2.31. The molecule has 1 atom stereocenters. The van der Waals surface area contributed by atoms with Crippen molar-refractivity contribution in [3.05, 3.63) is 87.6 Å². The molecule has 3 aromatic rings. The molecule has 0 bridgehead atoms. The zero-order valence-corrected chi connectivity index (χ0v) is 16.7. The first-order valence-electron chi connectivity index (χ1n) is 8.30. The van der Waals surface area contributed by atoms with Gasteiger partial charge in [-0.3, -0.25) is 4.79 Å². The van der Waals surface area contributed by atoms with E-state index in [1.807, 2.05) is 11.4 Å². The fourth-order valence-corrected chi connectivity index (χ4v) is 5.60. The Morgan fingerprint density at radius 3 is 2.33 bits per heavy atom. The van der Waals surface area contributed by atoms with E-state index in [-0.39, 0.29) is 23.8 Å². The summed E-state index contributed by atoms with van der Waals surface area (Å²) in [7, 11) is -3.62. The minimum Gasteiger partial charge on any atom is -0.354 e. The monoisotopic (exact) mass is 419 g/mol. The van der Waals surface area contributed by atoms with Crippen LogP contribution < -0.4 is 5.32 Å². The van der Waals surface area contributed by atoms with Gasteiger partial charge >= 0.3 is 0 Å². The summed E-state index contributed by atoms with van der Waals surface area (Å²) in [4.78, 5) is 13.2. The molecule has 0 spiro atoms. The van der Waals surface area contributed by atoms with Crippen LogP contribution in [0.2, 0.25) is 5.02 Å². The second-order valence-electron chi connectivity index (χ2n) is 5.97. The fourth-order valence-electron chi connectivity index (χ4n) is 2.67. The van der Waals surface area contributed by atoms with Gasteiger partial charge in [0, 0.05) is 16.4 Å². The van der Waals surface area contributed by atoms with E-state index in [1.54, 1.807) is 60.7 Å². The summed E-state index contributed by atoms with van der Waals surface area (Å²) in [6.45, 7) is 0.0180. The van der Waals surface area contributed by atoms with E-state index in [9.17, 15) is 13.2 Å². The predicted molar refractivity (Wildman–Crippen MR) is 109 cm³/mol. The number of nitrogens with one attached hydrogen (secondary N) is 1. The Morgan fingerprint density at radius 1 is 1.00 bits per heavy atom. The molecule has 1 N–H and O–H groups in total. The molecule has 0 aliphatic carbocycles. The molecule has 1 unspecified atom stereocenters. The highest BCUT2D eigenvalue weighted by molar-refractivity contribution is 7.91. The lowest BCUT2D eigenvalue weighted by atomic mass is 10.1. The quantitative estimate of drug-likeness (QED) is 0.621. The molecule has 1 amide bonds. The number of carbonyl (C=O) groups excluding carboxylic acids is 1. The van der Waals surface area contributed by atoms with Crippen LogP contribution in [0.25, 0.3) is 0 Å². The van der Waals surface area contributed by atoms with Crippen LogP contribution in [0.1, 0.15) is 15.7 Å². The van der Waals surface area contributed by atoms with Crippen LogP contribution in [0.15, 0.2) is 77.0 Å². The Morgan fingerprint density at radius 2 is 1.70 bits per heavy atom. The van der Waals surface area contributed by atoms with Crippen molar-refractivity contribution >= 4 is 38.7 Å². The van der Waals surface area contributed by atoms with Crippen molar-refractivity contribution in [2.75, 3.05) is 6.54 Å². The van der Waals surface area contributed by atoms with Gasteiger partial charge < -0.3 is 5.32 Å². The van der Waals surface area contributed by atoms with Crippen LogP contribution >= 0.6 is 22.9 Å². The number of amides is 1. The molecule has 0 aliphatic rings. The topological polar surface area (TPSA) is 63.2 Å². The van der Waals surface area contributed by atoms with E-state index < -0.39 is 15.1 Å². The molecule has 0 aliphatic heterocycles. The maximum absolute atomic E-state index is 13.1. The number of rotatable bonds is 7. The summed E-state index contributed by atoms with van der Waals surface area (Å²) in [5.41, 5.74) is 0.815. The number of sulfone groups is 1. The van der Waals surface area contributed by atoms with E-state index in [1.165, 1.54) is 11.3 Å². The van der Waals surface area contributed by atoms with Crippen LogP contribution in [0.5, 0.6) is 0 Å². The zero-order chi connectivity index (χ0) is 19.3. The Labute approximate surface area is 167 Å². The molecule has 0 saturated carbocycles. The highest BCUT2D eigenvalue weighted by atomic mass is 35.5. The molecule has 0 saturated heterocycles. The third-order valence-electron chi connectivity index (χ3n) is 4.07. The molecule has 0 fully saturated rings. The third-order valence-corrected chi connectivity index (χ3v) is 7.56. The van der Waals surface area contributed by atoms with Crippen LogP contribution in [0, 0.1) is 0 Å². The lowest BCUT2D eigenvalue weighted by Gasteiger charge is -2.17. The predicted octanol–water partition coefficient (Wildman–Crippen LogP) is 4.28. The van der Waals surface area contributed by atoms with Crippen molar-refractivity contribution in [2.45, 2.75) is 16.6 Å². The van der Waals surface area contributed by atoms with Crippen molar-refractivity contribution in [1.29, 1.82) is 0 Å². The van der Waals surface area contributed by atoms with Gasteiger partial charge in [-0.1, -0.05) is 48.0 Å². The van der Waals surface area contributed by atoms with Crippen molar-refractivity contribution in [3.63, 3.8) is 0 Å². The number of thiophene rings is 1. The zero-order valence-electron chi connectivity index (χ0n) is 14.3. The van der Waals surface area contributed by atoms with Crippen LogP contribution in [-0.2, 0) is 21.1 Å². The summed E-state index contributed by atoms with van der Waals surface area (Å²) in [5.74, 6) is -0.234. The minimum absolute atomic E-state index is 0.0180. The minimum atomic E-state index is -3.62. The Bertz CT molecular complexity index is 985. The average Bonchev–Trinajstić information content (AvgIpc) is 3.18. The van der Waals surface area contributed by atoms with Gasteiger partial charge in [-0.15, -0.1) is 11.3 Å². The number of hydrogen-bond donors (Lipinski definition) is 1. The van der Waals surface area contributed by atoms with E-state index in [4.69, 9.17) is 11.6 Å². The van der Waals surface area contributed by atoms with Gasteiger partial charge in [0.05, 0.1) is 11.3 Å². The van der Waals surface area contributed by atoms with E-state index in [0.717, 1.165) is 5.56 Å². The molecule has 7 heteroatoms. The second kappa shape index (κ2) is 8.69. The molecule has 27 heavy (non-hydrogen) atoms. The first-order chi connectivity index (χ1) is 13.0. The van der Waals surface area contributed by atoms with Gasteiger partial charge in [-0.25, -0.2) is 8.42 Å². The molecule has 140 valence electrons. The normalized spacial score (nSPS) is 12.5. The molecular weight excluding hydrogens is 402 g/mol. The molecule has 0 radical (unpaired) electrons. The van der Waals surface area contributed by atoms with E-state index in [0.29, 0.717) is 9.90 Å².